The van der Waals surface area contributed by atoms with Crippen molar-refractivity contribution in [1.82, 2.24) is 15.2 Å². The Morgan fingerprint density at radius 3 is 2.55 bits per heavy atom. The Bertz CT molecular complexity index is 828. The van der Waals surface area contributed by atoms with E-state index in [0.29, 0.717) is 5.82 Å². The first-order chi connectivity index (χ1) is 10.5. The molecule has 3 rings (SSSR count). The third-order valence-electron chi connectivity index (χ3n) is 3.58. The Kier molecular flexibility index (Phi) is 3.63. The largest absolute Gasteiger partial charge is 0.378 e. The van der Waals surface area contributed by atoms with Gasteiger partial charge < -0.3 is 4.90 Å². The summed E-state index contributed by atoms with van der Waals surface area (Å²) in [5.41, 5.74) is 5.10. The Morgan fingerprint density at radius 2 is 1.86 bits per heavy atom. The van der Waals surface area contributed by atoms with Crippen LogP contribution in [0.3, 0.4) is 0 Å². The van der Waals surface area contributed by atoms with Crippen molar-refractivity contribution >= 4 is 28.8 Å². The summed E-state index contributed by atoms with van der Waals surface area (Å²) in [5.74, 6) is 0.677. The molecule has 5 nitrogen and oxygen atoms in total. The second-order valence-electron chi connectivity index (χ2n) is 5.60. The number of aryl methyl sites for hydroxylation is 2. The van der Waals surface area contributed by atoms with Crippen LogP contribution in [0, 0.1) is 13.8 Å². The summed E-state index contributed by atoms with van der Waals surface area (Å²) >= 11 is 0. The van der Waals surface area contributed by atoms with Gasteiger partial charge in [-0.15, -0.1) is 0 Å². The first kappa shape index (κ1) is 14.3. The van der Waals surface area contributed by atoms with Gasteiger partial charge >= 0.3 is 0 Å². The van der Waals surface area contributed by atoms with Gasteiger partial charge in [-0.25, -0.2) is 9.98 Å². The standard InChI is InChI=1S/C17H19N5/c1-11-9-12(2)19-17-15(11)16(20-21-17)18-10-13-5-7-14(8-6-13)22(3)4/h5-10H,1-4H3,(H,19,20,21). The molecule has 1 aromatic carbocycles. The summed E-state index contributed by atoms with van der Waals surface area (Å²) in [5, 5.41) is 8.19. The summed E-state index contributed by atoms with van der Waals surface area (Å²) in [7, 11) is 4.05. The van der Waals surface area contributed by atoms with Gasteiger partial charge in [0.25, 0.3) is 0 Å². The highest BCUT2D eigenvalue weighted by molar-refractivity contribution is 5.92. The van der Waals surface area contributed by atoms with Crippen molar-refractivity contribution in [2.45, 2.75) is 13.8 Å². The number of benzene rings is 1. The number of nitrogens with zero attached hydrogens (tertiary/aromatic N) is 4. The highest BCUT2D eigenvalue weighted by atomic mass is 15.2. The normalized spacial score (nSPS) is 11.5. The zero-order chi connectivity index (χ0) is 15.7. The van der Waals surface area contributed by atoms with Gasteiger partial charge in [0, 0.05) is 31.7 Å². The van der Waals surface area contributed by atoms with E-state index in [9.17, 15) is 0 Å². The van der Waals surface area contributed by atoms with Crippen LogP contribution in [0.1, 0.15) is 16.8 Å². The monoisotopic (exact) mass is 293 g/mol. The lowest BCUT2D eigenvalue weighted by Gasteiger charge is -2.11. The fourth-order valence-electron chi connectivity index (χ4n) is 2.45. The molecule has 3 aromatic rings. The van der Waals surface area contributed by atoms with Gasteiger partial charge in [-0.3, -0.25) is 5.10 Å². The molecule has 0 unspecified atom stereocenters. The van der Waals surface area contributed by atoms with E-state index in [1.165, 1.54) is 0 Å². The average molecular weight is 293 g/mol. The summed E-state index contributed by atoms with van der Waals surface area (Å²) in [6.45, 7) is 4.03. The maximum absolute atomic E-state index is 4.51. The third kappa shape index (κ3) is 2.70. The molecule has 0 amide bonds. The molecule has 0 fully saturated rings. The average Bonchev–Trinajstić information content (AvgIpc) is 2.88. The molecule has 0 spiro atoms. The van der Waals surface area contributed by atoms with Crippen molar-refractivity contribution in [2.75, 3.05) is 19.0 Å². The van der Waals surface area contributed by atoms with Crippen LogP contribution in [0.25, 0.3) is 11.0 Å². The third-order valence-corrected chi connectivity index (χ3v) is 3.58. The minimum Gasteiger partial charge on any atom is -0.378 e. The van der Waals surface area contributed by atoms with Gasteiger partial charge in [0.15, 0.2) is 11.5 Å². The van der Waals surface area contributed by atoms with Crippen LogP contribution in [0.4, 0.5) is 11.5 Å². The van der Waals surface area contributed by atoms with Crippen LogP contribution in [0.5, 0.6) is 0 Å². The van der Waals surface area contributed by atoms with Crippen molar-refractivity contribution in [3.05, 3.63) is 47.2 Å². The van der Waals surface area contributed by atoms with E-state index in [-0.39, 0.29) is 0 Å². The number of anilines is 1. The second kappa shape index (κ2) is 5.60. The van der Waals surface area contributed by atoms with Crippen molar-refractivity contribution in [2.24, 2.45) is 4.99 Å². The van der Waals surface area contributed by atoms with Crippen LogP contribution >= 0.6 is 0 Å². The van der Waals surface area contributed by atoms with Crippen molar-refractivity contribution in [3.63, 3.8) is 0 Å². The molecule has 2 aromatic heterocycles. The number of rotatable bonds is 3. The summed E-state index contributed by atoms with van der Waals surface area (Å²) < 4.78 is 0. The number of aliphatic imine (C=N–C) groups is 1. The molecule has 0 saturated heterocycles. The molecule has 0 atom stereocenters. The topological polar surface area (TPSA) is 57.2 Å². The Balaban J connectivity index is 1.92. The number of nitrogens with one attached hydrogen (secondary N) is 1. The zero-order valence-electron chi connectivity index (χ0n) is 13.3. The molecule has 0 aliphatic rings. The smallest absolute Gasteiger partial charge is 0.183 e. The molecule has 2 heterocycles. The van der Waals surface area contributed by atoms with Crippen LogP contribution < -0.4 is 4.90 Å². The first-order valence-corrected chi connectivity index (χ1v) is 7.18. The molecule has 0 aliphatic carbocycles. The van der Waals surface area contributed by atoms with Gasteiger partial charge in [-0.2, -0.15) is 5.10 Å². The molecule has 0 saturated carbocycles. The van der Waals surface area contributed by atoms with Gasteiger partial charge in [-0.1, -0.05) is 12.1 Å². The number of hydrogen-bond donors (Lipinski definition) is 1. The molecule has 5 heteroatoms. The second-order valence-corrected chi connectivity index (χ2v) is 5.60. The highest BCUT2D eigenvalue weighted by Gasteiger charge is 2.08. The SMILES string of the molecule is Cc1cc(C)c2c(N=Cc3ccc(N(C)C)cc3)n[nH]c2n1. The fraction of sp³-hybridized carbons (Fsp3) is 0.235. The Labute approximate surface area is 129 Å². The summed E-state index contributed by atoms with van der Waals surface area (Å²) in [6, 6.07) is 10.3. The van der Waals surface area contributed by atoms with Gasteiger partial charge in [0.05, 0.1) is 5.39 Å². The van der Waals surface area contributed by atoms with Crippen LogP contribution in [-0.4, -0.2) is 35.5 Å². The quantitative estimate of drug-likeness (QED) is 0.753. The predicted octanol–water partition coefficient (Wildman–Crippen LogP) is 3.39. The van der Waals surface area contributed by atoms with Crippen molar-refractivity contribution in [3.8, 4) is 0 Å². The maximum atomic E-state index is 4.51. The van der Waals surface area contributed by atoms with E-state index >= 15 is 0 Å². The van der Waals surface area contributed by atoms with E-state index in [0.717, 1.165) is 33.5 Å². The van der Waals surface area contributed by atoms with Gasteiger partial charge in [-0.05, 0) is 43.2 Å². The Morgan fingerprint density at radius 1 is 1.14 bits per heavy atom. The number of aromatic nitrogens is 3. The van der Waals surface area contributed by atoms with E-state index in [4.69, 9.17) is 0 Å². The molecule has 0 aliphatic heterocycles. The van der Waals surface area contributed by atoms with Gasteiger partial charge in [0.1, 0.15) is 0 Å². The lowest BCUT2D eigenvalue weighted by molar-refractivity contribution is 1.08. The van der Waals surface area contributed by atoms with Crippen LogP contribution in [-0.2, 0) is 0 Å². The van der Waals surface area contributed by atoms with E-state index in [1.807, 2.05) is 45.4 Å². The van der Waals surface area contributed by atoms with Crippen molar-refractivity contribution in [1.29, 1.82) is 0 Å². The zero-order valence-corrected chi connectivity index (χ0v) is 13.3. The van der Waals surface area contributed by atoms with Crippen LogP contribution in [0.2, 0.25) is 0 Å². The molecule has 22 heavy (non-hydrogen) atoms. The molecule has 1 N–H and O–H groups in total. The molecule has 112 valence electrons. The van der Waals surface area contributed by atoms with E-state index in [2.05, 4.69) is 44.1 Å². The number of H-pyrrole nitrogens is 1. The Hall–Kier alpha value is -2.69. The van der Waals surface area contributed by atoms with Gasteiger partial charge in [0.2, 0.25) is 0 Å². The minimum atomic E-state index is 0.677. The molecular weight excluding hydrogens is 274 g/mol. The lowest BCUT2D eigenvalue weighted by Crippen LogP contribution is -2.08. The van der Waals surface area contributed by atoms with E-state index < -0.39 is 0 Å². The molecular formula is C17H19N5. The summed E-state index contributed by atoms with van der Waals surface area (Å²) in [6.07, 6.45) is 1.83. The summed E-state index contributed by atoms with van der Waals surface area (Å²) in [4.78, 5) is 11.0. The molecule has 0 radical (unpaired) electrons. The van der Waals surface area contributed by atoms with Crippen molar-refractivity contribution < 1.29 is 0 Å². The maximum Gasteiger partial charge on any atom is 0.183 e. The molecule has 0 bridgehead atoms. The van der Waals surface area contributed by atoms with E-state index in [1.54, 1.807) is 0 Å². The number of pyridine rings is 1. The lowest BCUT2D eigenvalue weighted by atomic mass is 10.2. The number of aromatic amines is 1. The minimum absolute atomic E-state index is 0.677. The number of fused-ring (bicyclic) bond motifs is 1. The van der Waals surface area contributed by atoms with Crippen LogP contribution in [0.15, 0.2) is 35.3 Å². The number of hydrogen-bond acceptors (Lipinski definition) is 4. The first-order valence-electron chi connectivity index (χ1n) is 7.18. The predicted molar refractivity (Wildman–Crippen MR) is 91.4 cm³/mol. The highest BCUT2D eigenvalue weighted by Crippen LogP contribution is 2.25. The fourth-order valence-corrected chi connectivity index (χ4v) is 2.45.